The molecular weight excluding hydrogens is 254 g/mol. The molecule has 0 aromatic heterocycles. The van der Waals surface area contributed by atoms with Gasteiger partial charge >= 0.3 is 0 Å². The summed E-state index contributed by atoms with van der Waals surface area (Å²) in [5.41, 5.74) is 5.91. The van der Waals surface area contributed by atoms with Crippen molar-refractivity contribution in [1.82, 2.24) is 5.32 Å². The average Bonchev–Trinajstić information content (AvgIpc) is 2.85. The molecule has 18 heavy (non-hydrogen) atoms. The first-order valence-corrected chi connectivity index (χ1v) is 6.09. The maximum Gasteiger partial charge on any atom is 0.250 e. The molecule has 1 saturated heterocycles. The molecule has 96 valence electrons. The van der Waals surface area contributed by atoms with Crippen LogP contribution in [0.3, 0.4) is 0 Å². The van der Waals surface area contributed by atoms with Crippen molar-refractivity contribution in [3.8, 4) is 0 Å². The Morgan fingerprint density at radius 2 is 2.22 bits per heavy atom. The van der Waals surface area contributed by atoms with Crippen molar-refractivity contribution in [3.05, 3.63) is 28.8 Å². The van der Waals surface area contributed by atoms with Crippen LogP contribution in [0.4, 0.5) is 5.69 Å². The summed E-state index contributed by atoms with van der Waals surface area (Å²) in [5.74, 6) is -0.722. The molecule has 1 aliphatic heterocycles. The van der Waals surface area contributed by atoms with Crippen molar-refractivity contribution in [3.63, 3.8) is 0 Å². The van der Waals surface area contributed by atoms with Gasteiger partial charge in [0, 0.05) is 5.69 Å². The predicted octanol–water partition coefficient (Wildman–Crippen LogP) is 1.13. The monoisotopic (exact) mass is 267 g/mol. The molecule has 1 fully saturated rings. The summed E-state index contributed by atoms with van der Waals surface area (Å²) >= 11 is 5.83. The molecule has 1 aromatic rings. The Labute approximate surface area is 110 Å². The lowest BCUT2D eigenvalue weighted by atomic mass is 10.1. The van der Waals surface area contributed by atoms with Gasteiger partial charge in [0.05, 0.1) is 16.6 Å². The highest BCUT2D eigenvalue weighted by molar-refractivity contribution is 6.34. The van der Waals surface area contributed by atoms with Crippen LogP contribution in [0.25, 0.3) is 0 Å². The van der Waals surface area contributed by atoms with E-state index < -0.39 is 5.91 Å². The number of hydrogen-bond acceptors (Lipinski definition) is 3. The van der Waals surface area contributed by atoms with E-state index in [0.717, 1.165) is 19.4 Å². The van der Waals surface area contributed by atoms with E-state index in [1.165, 1.54) is 6.07 Å². The summed E-state index contributed by atoms with van der Waals surface area (Å²) in [6, 6.07) is 4.50. The number of nitrogens with two attached hydrogens (primary N) is 1. The zero-order valence-corrected chi connectivity index (χ0v) is 10.5. The van der Waals surface area contributed by atoms with E-state index in [2.05, 4.69) is 10.6 Å². The minimum atomic E-state index is -0.616. The molecule has 0 spiro atoms. The highest BCUT2D eigenvalue weighted by Crippen LogP contribution is 2.20. The molecule has 0 radical (unpaired) electrons. The van der Waals surface area contributed by atoms with Crippen LogP contribution in [0, 0.1) is 0 Å². The molecule has 6 heteroatoms. The summed E-state index contributed by atoms with van der Waals surface area (Å²) in [6.45, 7) is 0.852. The van der Waals surface area contributed by atoms with Crippen molar-refractivity contribution < 1.29 is 9.59 Å². The van der Waals surface area contributed by atoms with Crippen LogP contribution in [0.1, 0.15) is 23.2 Å². The number of halogens is 1. The maximum atomic E-state index is 11.9. The number of rotatable bonds is 3. The van der Waals surface area contributed by atoms with E-state index in [4.69, 9.17) is 17.3 Å². The molecule has 1 atom stereocenters. The third kappa shape index (κ3) is 2.80. The number of nitrogens with one attached hydrogen (secondary N) is 2. The fourth-order valence-corrected chi connectivity index (χ4v) is 2.14. The molecule has 0 bridgehead atoms. The Morgan fingerprint density at radius 3 is 2.83 bits per heavy atom. The van der Waals surface area contributed by atoms with Gasteiger partial charge in [-0.05, 0) is 37.6 Å². The van der Waals surface area contributed by atoms with Crippen molar-refractivity contribution >= 4 is 29.1 Å². The van der Waals surface area contributed by atoms with E-state index in [9.17, 15) is 9.59 Å². The number of amides is 2. The smallest absolute Gasteiger partial charge is 0.250 e. The van der Waals surface area contributed by atoms with Gasteiger partial charge in [0.15, 0.2) is 0 Å². The largest absolute Gasteiger partial charge is 0.366 e. The average molecular weight is 268 g/mol. The highest BCUT2D eigenvalue weighted by Gasteiger charge is 2.22. The van der Waals surface area contributed by atoms with Gasteiger partial charge in [-0.1, -0.05) is 11.6 Å². The Hall–Kier alpha value is -1.59. The first-order chi connectivity index (χ1) is 8.58. The second-order valence-electron chi connectivity index (χ2n) is 4.20. The van der Waals surface area contributed by atoms with E-state index in [-0.39, 0.29) is 22.5 Å². The summed E-state index contributed by atoms with van der Waals surface area (Å²) in [6.07, 6.45) is 1.81. The quantitative estimate of drug-likeness (QED) is 0.768. The lowest BCUT2D eigenvalue weighted by Crippen LogP contribution is -2.35. The summed E-state index contributed by atoms with van der Waals surface area (Å²) in [4.78, 5) is 23.0. The van der Waals surface area contributed by atoms with Crippen LogP contribution >= 0.6 is 11.6 Å². The maximum absolute atomic E-state index is 11.9. The Balaban J connectivity index is 2.11. The first kappa shape index (κ1) is 12.9. The molecular formula is C12H14ClN3O2. The number of benzene rings is 1. The predicted molar refractivity (Wildman–Crippen MR) is 69.6 cm³/mol. The van der Waals surface area contributed by atoms with E-state index in [1.54, 1.807) is 12.1 Å². The molecule has 4 N–H and O–H groups in total. The van der Waals surface area contributed by atoms with E-state index >= 15 is 0 Å². The molecule has 1 aromatic carbocycles. The van der Waals surface area contributed by atoms with Crippen LogP contribution in [-0.2, 0) is 4.79 Å². The van der Waals surface area contributed by atoms with Crippen molar-refractivity contribution in [2.24, 2.45) is 5.73 Å². The van der Waals surface area contributed by atoms with Crippen LogP contribution in [-0.4, -0.2) is 24.4 Å². The molecule has 2 amide bonds. The third-order valence-electron chi connectivity index (χ3n) is 2.88. The van der Waals surface area contributed by atoms with Crippen molar-refractivity contribution in [2.45, 2.75) is 18.9 Å². The lowest BCUT2D eigenvalue weighted by Gasteiger charge is -2.12. The number of primary amides is 1. The van der Waals surface area contributed by atoms with Crippen LogP contribution in [0.2, 0.25) is 5.02 Å². The Morgan fingerprint density at radius 1 is 1.44 bits per heavy atom. The molecule has 1 heterocycles. The number of anilines is 1. The molecule has 1 aliphatic rings. The van der Waals surface area contributed by atoms with Crippen molar-refractivity contribution in [1.29, 1.82) is 0 Å². The van der Waals surface area contributed by atoms with Gasteiger partial charge in [-0.15, -0.1) is 0 Å². The molecule has 0 unspecified atom stereocenters. The van der Waals surface area contributed by atoms with Crippen LogP contribution in [0.5, 0.6) is 0 Å². The second kappa shape index (κ2) is 5.37. The highest BCUT2D eigenvalue weighted by atomic mass is 35.5. The number of hydrogen-bond donors (Lipinski definition) is 3. The van der Waals surface area contributed by atoms with Gasteiger partial charge in [-0.3, -0.25) is 9.59 Å². The van der Waals surface area contributed by atoms with Gasteiger partial charge in [0.2, 0.25) is 11.8 Å². The van der Waals surface area contributed by atoms with Gasteiger partial charge < -0.3 is 16.4 Å². The SMILES string of the molecule is NC(=O)c1cc(NC(=O)[C@H]2CCCN2)ccc1Cl. The van der Waals surface area contributed by atoms with E-state index in [1.807, 2.05) is 0 Å². The fourth-order valence-electron chi connectivity index (χ4n) is 1.93. The Bertz CT molecular complexity index is 484. The minimum Gasteiger partial charge on any atom is -0.366 e. The number of carbonyl (C=O) groups is 2. The van der Waals surface area contributed by atoms with Gasteiger partial charge in [-0.2, -0.15) is 0 Å². The van der Waals surface area contributed by atoms with Crippen molar-refractivity contribution in [2.75, 3.05) is 11.9 Å². The standard InChI is InChI=1S/C12H14ClN3O2/c13-9-4-3-7(6-8(9)11(14)17)16-12(18)10-2-1-5-15-10/h3-4,6,10,15H,1-2,5H2,(H2,14,17)(H,16,18)/t10-/m1/s1. The van der Waals surface area contributed by atoms with Gasteiger partial charge in [0.1, 0.15) is 0 Å². The van der Waals surface area contributed by atoms with E-state index in [0.29, 0.717) is 5.69 Å². The molecule has 5 nitrogen and oxygen atoms in total. The summed E-state index contributed by atoms with van der Waals surface area (Å²) in [7, 11) is 0. The molecule has 0 aliphatic carbocycles. The topological polar surface area (TPSA) is 84.2 Å². The fraction of sp³-hybridized carbons (Fsp3) is 0.333. The first-order valence-electron chi connectivity index (χ1n) is 5.71. The molecule has 2 rings (SSSR count). The minimum absolute atomic E-state index is 0.106. The summed E-state index contributed by atoms with van der Waals surface area (Å²) < 4.78 is 0. The molecule has 0 saturated carbocycles. The normalized spacial score (nSPS) is 18.6. The number of carbonyl (C=O) groups excluding carboxylic acids is 2. The van der Waals surface area contributed by atoms with Gasteiger partial charge in [-0.25, -0.2) is 0 Å². The van der Waals surface area contributed by atoms with Gasteiger partial charge in [0.25, 0.3) is 0 Å². The zero-order valence-electron chi connectivity index (χ0n) is 9.70. The summed E-state index contributed by atoms with van der Waals surface area (Å²) in [5, 5.41) is 6.11. The Kier molecular flexibility index (Phi) is 3.84. The van der Waals surface area contributed by atoms with Crippen LogP contribution in [0.15, 0.2) is 18.2 Å². The second-order valence-corrected chi connectivity index (χ2v) is 4.60. The van der Waals surface area contributed by atoms with Crippen LogP contribution < -0.4 is 16.4 Å². The lowest BCUT2D eigenvalue weighted by molar-refractivity contribution is -0.117. The third-order valence-corrected chi connectivity index (χ3v) is 3.21. The zero-order chi connectivity index (χ0) is 13.1.